The van der Waals surface area contributed by atoms with Gasteiger partial charge in [-0.15, -0.1) is 0 Å². The van der Waals surface area contributed by atoms with E-state index >= 15 is 0 Å². The van der Waals surface area contributed by atoms with E-state index < -0.39 is 0 Å². The van der Waals surface area contributed by atoms with E-state index in [1.807, 2.05) is 37.4 Å². The first-order valence-corrected chi connectivity index (χ1v) is 8.68. The first-order chi connectivity index (χ1) is 12.0. The summed E-state index contributed by atoms with van der Waals surface area (Å²) in [4.78, 5) is 27.9. The van der Waals surface area contributed by atoms with Gasteiger partial charge >= 0.3 is 0 Å². The molecule has 0 spiro atoms. The van der Waals surface area contributed by atoms with Gasteiger partial charge < -0.3 is 9.80 Å². The number of carbonyl (C=O) groups is 1. The first-order valence-electron chi connectivity index (χ1n) is 8.30. The van der Waals surface area contributed by atoms with E-state index in [9.17, 15) is 9.59 Å². The number of amides is 1. The van der Waals surface area contributed by atoms with Crippen molar-refractivity contribution < 1.29 is 4.79 Å². The van der Waals surface area contributed by atoms with Crippen molar-refractivity contribution in [3.63, 3.8) is 0 Å². The van der Waals surface area contributed by atoms with Crippen LogP contribution in [0.2, 0.25) is 5.02 Å². The van der Waals surface area contributed by atoms with Gasteiger partial charge in [0.2, 0.25) is 5.91 Å². The van der Waals surface area contributed by atoms with Crippen LogP contribution < -0.4 is 10.5 Å². The fourth-order valence-corrected chi connectivity index (χ4v) is 3.40. The molecule has 0 unspecified atom stereocenters. The third kappa shape index (κ3) is 3.54. The van der Waals surface area contributed by atoms with Gasteiger partial charge in [0, 0.05) is 33.1 Å². The number of hydrogen-bond donors (Lipinski definition) is 0. The minimum absolute atomic E-state index is 0.0728. The lowest BCUT2D eigenvalue weighted by atomic mass is 10.0. The largest absolute Gasteiger partial charge is 0.369 e. The molecule has 1 aliphatic rings. The predicted octanol–water partition coefficient (Wildman–Crippen LogP) is 2.33. The Morgan fingerprint density at radius 2 is 1.88 bits per heavy atom. The molecule has 0 bridgehead atoms. The molecule has 0 radical (unpaired) electrons. The van der Waals surface area contributed by atoms with Crippen LogP contribution in [-0.2, 0) is 4.79 Å². The molecule has 132 valence electrons. The van der Waals surface area contributed by atoms with Crippen LogP contribution in [0.4, 0.5) is 5.69 Å². The van der Waals surface area contributed by atoms with Crippen LogP contribution >= 0.6 is 11.6 Å². The summed E-state index contributed by atoms with van der Waals surface area (Å²) in [5, 5.41) is 4.46. The average Bonchev–Trinajstić information content (AvgIpc) is 2.64. The van der Waals surface area contributed by atoms with E-state index in [-0.39, 0.29) is 22.5 Å². The lowest BCUT2D eigenvalue weighted by Gasteiger charge is -2.37. The summed E-state index contributed by atoms with van der Waals surface area (Å²) in [6.07, 6.45) is 3.33. The molecular weight excluding hydrogens is 340 g/mol. The smallest absolute Gasteiger partial charge is 0.292 e. The number of hydrogen-bond acceptors (Lipinski definition) is 4. The lowest BCUT2D eigenvalue weighted by molar-refractivity contribution is -0.129. The number of para-hydroxylation sites is 1. The zero-order valence-electron chi connectivity index (χ0n) is 14.4. The minimum atomic E-state index is -0.326. The van der Waals surface area contributed by atoms with E-state index in [0.717, 1.165) is 25.9 Å². The van der Waals surface area contributed by atoms with Crippen LogP contribution in [0, 0.1) is 0 Å². The Morgan fingerprint density at radius 3 is 2.48 bits per heavy atom. The van der Waals surface area contributed by atoms with Gasteiger partial charge in [0.15, 0.2) is 0 Å². The first kappa shape index (κ1) is 17.5. The number of halogens is 1. The van der Waals surface area contributed by atoms with Crippen molar-refractivity contribution in [3.8, 4) is 5.69 Å². The Hall–Kier alpha value is -2.34. The number of carbonyl (C=O) groups excluding carboxylic acids is 1. The van der Waals surface area contributed by atoms with E-state index in [1.54, 1.807) is 18.0 Å². The summed E-state index contributed by atoms with van der Waals surface area (Å²) in [7, 11) is 1.83. The molecule has 25 heavy (non-hydrogen) atoms. The molecular formula is C18H21ClN4O2. The Kier molecular flexibility index (Phi) is 5.08. The Bertz CT molecular complexity index is 814. The number of rotatable bonds is 3. The van der Waals surface area contributed by atoms with Crippen molar-refractivity contribution in [3.05, 3.63) is 51.9 Å². The zero-order valence-corrected chi connectivity index (χ0v) is 15.1. The summed E-state index contributed by atoms with van der Waals surface area (Å²) in [6, 6.07) is 9.43. The summed E-state index contributed by atoms with van der Waals surface area (Å²) >= 11 is 6.35. The van der Waals surface area contributed by atoms with Crippen molar-refractivity contribution in [2.24, 2.45) is 0 Å². The Labute approximate surface area is 151 Å². The van der Waals surface area contributed by atoms with Crippen LogP contribution in [0.15, 0.2) is 41.3 Å². The van der Waals surface area contributed by atoms with Crippen molar-refractivity contribution in [2.45, 2.75) is 25.8 Å². The summed E-state index contributed by atoms with van der Waals surface area (Å²) in [5.74, 6) is 0.0728. The summed E-state index contributed by atoms with van der Waals surface area (Å²) < 4.78 is 1.31. The molecule has 1 aliphatic heterocycles. The number of benzene rings is 1. The molecule has 1 saturated heterocycles. The van der Waals surface area contributed by atoms with Crippen LogP contribution in [0.3, 0.4) is 0 Å². The van der Waals surface area contributed by atoms with Crippen molar-refractivity contribution in [1.29, 1.82) is 0 Å². The highest BCUT2D eigenvalue weighted by Gasteiger charge is 2.26. The van der Waals surface area contributed by atoms with E-state index in [2.05, 4.69) is 10.00 Å². The van der Waals surface area contributed by atoms with Gasteiger partial charge in [-0.2, -0.15) is 9.78 Å². The molecule has 2 aromatic rings. The second kappa shape index (κ2) is 7.27. The van der Waals surface area contributed by atoms with Gasteiger partial charge in [-0.05, 0) is 25.0 Å². The van der Waals surface area contributed by atoms with E-state index in [1.165, 1.54) is 4.68 Å². The number of aromatic nitrogens is 2. The van der Waals surface area contributed by atoms with Crippen molar-refractivity contribution >= 4 is 23.2 Å². The fourth-order valence-electron chi connectivity index (χ4n) is 3.15. The standard InChI is InChI=1S/C18H21ClN4O2/c1-13(24)21(2)14-8-10-22(11-9-14)16-12-20-23(18(25)17(16)19)15-6-4-3-5-7-15/h3-7,12,14H,8-11H2,1-2H3. The fraction of sp³-hybridized carbons (Fsp3) is 0.389. The normalized spacial score (nSPS) is 15.2. The molecule has 0 atom stereocenters. The summed E-state index contributed by atoms with van der Waals surface area (Å²) in [6.45, 7) is 3.05. The number of piperidine rings is 1. The number of anilines is 1. The molecule has 0 aliphatic carbocycles. The molecule has 0 saturated carbocycles. The van der Waals surface area contributed by atoms with Crippen molar-refractivity contribution in [1.82, 2.24) is 14.7 Å². The maximum Gasteiger partial charge on any atom is 0.292 e. The molecule has 0 N–H and O–H groups in total. The second-order valence-electron chi connectivity index (χ2n) is 6.24. The topological polar surface area (TPSA) is 58.4 Å². The molecule has 6 nitrogen and oxygen atoms in total. The highest BCUT2D eigenvalue weighted by molar-refractivity contribution is 6.33. The second-order valence-corrected chi connectivity index (χ2v) is 6.62. The van der Waals surface area contributed by atoms with Crippen LogP contribution in [0.25, 0.3) is 5.69 Å². The van der Waals surface area contributed by atoms with Gasteiger partial charge in [0.05, 0.1) is 17.6 Å². The predicted molar refractivity (Wildman–Crippen MR) is 98.5 cm³/mol. The average molecular weight is 361 g/mol. The maximum absolute atomic E-state index is 12.6. The maximum atomic E-state index is 12.6. The minimum Gasteiger partial charge on any atom is -0.369 e. The molecule has 7 heteroatoms. The monoisotopic (exact) mass is 360 g/mol. The van der Waals surface area contributed by atoms with Gasteiger partial charge in [0.25, 0.3) is 5.56 Å². The van der Waals surface area contributed by atoms with E-state index in [4.69, 9.17) is 11.6 Å². The van der Waals surface area contributed by atoms with Gasteiger partial charge in [-0.25, -0.2) is 0 Å². The quantitative estimate of drug-likeness (QED) is 0.843. The van der Waals surface area contributed by atoms with Crippen LogP contribution in [-0.4, -0.2) is 46.8 Å². The van der Waals surface area contributed by atoms with Crippen molar-refractivity contribution in [2.75, 3.05) is 25.0 Å². The molecule has 1 aromatic carbocycles. The zero-order chi connectivity index (χ0) is 18.0. The lowest BCUT2D eigenvalue weighted by Crippen LogP contribution is -2.45. The third-order valence-electron chi connectivity index (χ3n) is 4.75. The van der Waals surface area contributed by atoms with Gasteiger partial charge in [0.1, 0.15) is 5.02 Å². The molecule has 3 rings (SSSR count). The molecule has 2 heterocycles. The van der Waals surface area contributed by atoms with Gasteiger partial charge in [-0.3, -0.25) is 9.59 Å². The number of nitrogens with zero attached hydrogens (tertiary/aromatic N) is 4. The third-order valence-corrected chi connectivity index (χ3v) is 5.11. The van der Waals surface area contributed by atoms with Gasteiger partial charge in [-0.1, -0.05) is 29.8 Å². The summed E-state index contributed by atoms with van der Waals surface area (Å²) in [5.41, 5.74) is 1.01. The van der Waals surface area contributed by atoms with E-state index in [0.29, 0.717) is 11.4 Å². The van der Waals surface area contributed by atoms with Crippen LogP contribution in [0.5, 0.6) is 0 Å². The molecule has 1 fully saturated rings. The molecule has 1 amide bonds. The highest BCUT2D eigenvalue weighted by atomic mass is 35.5. The SMILES string of the molecule is CC(=O)N(C)C1CCN(c2cnn(-c3ccccc3)c(=O)c2Cl)CC1. The Morgan fingerprint density at radius 1 is 1.24 bits per heavy atom. The molecule has 1 aromatic heterocycles. The highest BCUT2D eigenvalue weighted by Crippen LogP contribution is 2.26. The Balaban J connectivity index is 1.80. The van der Waals surface area contributed by atoms with Crippen LogP contribution in [0.1, 0.15) is 19.8 Å².